The number of rotatable bonds is 4. The summed E-state index contributed by atoms with van der Waals surface area (Å²) in [6, 6.07) is 6.01. The fraction of sp³-hybridized carbons (Fsp3) is 0.333. The molecule has 0 amide bonds. The monoisotopic (exact) mass is 222 g/mol. The summed E-state index contributed by atoms with van der Waals surface area (Å²) in [7, 11) is 0. The summed E-state index contributed by atoms with van der Waals surface area (Å²) in [4.78, 5) is 0. The van der Waals surface area contributed by atoms with Crippen molar-refractivity contribution in [3.63, 3.8) is 0 Å². The Bertz CT molecular complexity index is 294. The van der Waals surface area contributed by atoms with Crippen LogP contribution in [-0.2, 0) is 0 Å². The second-order valence-corrected chi connectivity index (χ2v) is 2.90. The van der Waals surface area contributed by atoms with Crippen molar-refractivity contribution < 1.29 is 18.6 Å². The van der Waals surface area contributed by atoms with Crippen LogP contribution in [-0.4, -0.2) is 17.6 Å². The molecule has 1 aromatic carbocycles. The van der Waals surface area contributed by atoms with E-state index in [0.717, 1.165) is 0 Å². The van der Waals surface area contributed by atoms with E-state index < -0.39 is 12.7 Å². The molecule has 0 spiro atoms. The zero-order valence-electron chi connectivity index (χ0n) is 7.16. The summed E-state index contributed by atoms with van der Waals surface area (Å²) < 4.78 is 28.1. The first kappa shape index (κ1) is 11.2. The van der Waals surface area contributed by atoms with Gasteiger partial charge in [0, 0.05) is 5.56 Å². The van der Waals surface area contributed by atoms with Gasteiger partial charge >= 0.3 is 6.61 Å². The molecule has 0 saturated carbocycles. The van der Waals surface area contributed by atoms with Gasteiger partial charge in [0.15, 0.2) is 0 Å². The van der Waals surface area contributed by atoms with E-state index in [2.05, 4.69) is 4.74 Å². The van der Waals surface area contributed by atoms with Crippen LogP contribution < -0.4 is 4.74 Å². The lowest BCUT2D eigenvalue weighted by Gasteiger charge is -2.13. The van der Waals surface area contributed by atoms with E-state index in [9.17, 15) is 13.9 Å². The SMILES string of the molecule is O[C@H](CCl)c1ccccc1OC(F)F. The van der Waals surface area contributed by atoms with Crippen molar-refractivity contribution in [3.8, 4) is 5.75 Å². The zero-order valence-corrected chi connectivity index (χ0v) is 7.92. The molecule has 0 aliphatic heterocycles. The van der Waals surface area contributed by atoms with Gasteiger partial charge in [-0.15, -0.1) is 11.6 Å². The Balaban J connectivity index is 2.91. The van der Waals surface area contributed by atoms with Crippen LogP contribution in [0.2, 0.25) is 0 Å². The molecule has 0 saturated heterocycles. The van der Waals surface area contributed by atoms with Crippen LogP contribution in [0.4, 0.5) is 8.78 Å². The Morgan fingerprint density at radius 3 is 2.57 bits per heavy atom. The predicted molar refractivity (Wildman–Crippen MR) is 48.8 cm³/mol. The average Bonchev–Trinajstić information content (AvgIpc) is 2.16. The Morgan fingerprint density at radius 2 is 2.00 bits per heavy atom. The maximum Gasteiger partial charge on any atom is 0.387 e. The standard InChI is InChI=1S/C9H9ClF2O2/c10-5-7(13)6-3-1-2-4-8(6)14-9(11)12/h1-4,7,9,13H,5H2/t7-/m1/s1. The zero-order chi connectivity index (χ0) is 10.6. The van der Waals surface area contributed by atoms with Gasteiger partial charge in [-0.2, -0.15) is 8.78 Å². The van der Waals surface area contributed by atoms with Gasteiger partial charge in [0.05, 0.1) is 12.0 Å². The van der Waals surface area contributed by atoms with E-state index in [1.807, 2.05) is 0 Å². The largest absolute Gasteiger partial charge is 0.434 e. The lowest BCUT2D eigenvalue weighted by Crippen LogP contribution is -2.07. The molecule has 0 aromatic heterocycles. The van der Waals surface area contributed by atoms with E-state index in [1.54, 1.807) is 12.1 Å². The molecule has 78 valence electrons. The van der Waals surface area contributed by atoms with Gasteiger partial charge in [-0.25, -0.2) is 0 Å². The topological polar surface area (TPSA) is 29.5 Å². The highest BCUT2D eigenvalue weighted by molar-refractivity contribution is 6.18. The smallest absolute Gasteiger partial charge is 0.387 e. The molecule has 14 heavy (non-hydrogen) atoms. The van der Waals surface area contributed by atoms with Gasteiger partial charge in [-0.3, -0.25) is 0 Å². The number of aliphatic hydroxyl groups is 1. The average molecular weight is 223 g/mol. The Kier molecular flexibility index (Phi) is 4.10. The second kappa shape index (κ2) is 5.12. The van der Waals surface area contributed by atoms with Crippen molar-refractivity contribution in [2.24, 2.45) is 0 Å². The van der Waals surface area contributed by atoms with Crippen LogP contribution in [0.25, 0.3) is 0 Å². The fourth-order valence-corrected chi connectivity index (χ4v) is 1.21. The minimum Gasteiger partial charge on any atom is -0.434 e. The molecule has 1 aromatic rings. The van der Waals surface area contributed by atoms with Crippen molar-refractivity contribution in [2.75, 3.05) is 5.88 Å². The van der Waals surface area contributed by atoms with Crippen LogP contribution in [0.3, 0.4) is 0 Å². The number of hydrogen-bond acceptors (Lipinski definition) is 2. The lowest BCUT2D eigenvalue weighted by atomic mass is 10.1. The normalized spacial score (nSPS) is 12.9. The predicted octanol–water partition coefficient (Wildman–Crippen LogP) is 2.56. The van der Waals surface area contributed by atoms with Crippen LogP contribution in [0.15, 0.2) is 24.3 Å². The first-order valence-electron chi connectivity index (χ1n) is 3.93. The Labute approximate surface area is 85.1 Å². The number of ether oxygens (including phenoxy) is 1. The summed E-state index contributed by atoms with van der Waals surface area (Å²) in [6.45, 7) is -2.90. The molecular formula is C9H9ClF2O2. The lowest BCUT2D eigenvalue weighted by molar-refractivity contribution is -0.0513. The Morgan fingerprint density at radius 1 is 1.36 bits per heavy atom. The van der Waals surface area contributed by atoms with Gasteiger partial charge in [0.25, 0.3) is 0 Å². The quantitative estimate of drug-likeness (QED) is 0.794. The molecule has 0 unspecified atom stereocenters. The maximum absolute atomic E-state index is 11.9. The molecule has 0 aliphatic rings. The molecular weight excluding hydrogens is 214 g/mol. The van der Waals surface area contributed by atoms with Crippen molar-refractivity contribution in [1.82, 2.24) is 0 Å². The van der Waals surface area contributed by atoms with Crippen LogP contribution >= 0.6 is 11.6 Å². The number of halogens is 3. The number of hydrogen-bond donors (Lipinski definition) is 1. The maximum atomic E-state index is 11.9. The van der Waals surface area contributed by atoms with Crippen molar-refractivity contribution in [2.45, 2.75) is 12.7 Å². The third-order valence-corrected chi connectivity index (χ3v) is 1.93. The van der Waals surface area contributed by atoms with Crippen molar-refractivity contribution in [3.05, 3.63) is 29.8 Å². The first-order chi connectivity index (χ1) is 6.65. The summed E-state index contributed by atoms with van der Waals surface area (Å²) in [5, 5.41) is 9.37. The molecule has 5 heteroatoms. The van der Waals surface area contributed by atoms with Crippen LogP contribution in [0, 0.1) is 0 Å². The van der Waals surface area contributed by atoms with Gasteiger partial charge in [0.1, 0.15) is 5.75 Å². The molecule has 1 atom stereocenters. The fourth-order valence-electron chi connectivity index (χ4n) is 1.04. The molecule has 0 aliphatic carbocycles. The van der Waals surface area contributed by atoms with Crippen LogP contribution in [0.5, 0.6) is 5.75 Å². The third-order valence-electron chi connectivity index (χ3n) is 1.64. The second-order valence-electron chi connectivity index (χ2n) is 2.59. The number of aliphatic hydroxyl groups excluding tert-OH is 1. The van der Waals surface area contributed by atoms with Gasteiger partial charge in [0.2, 0.25) is 0 Å². The highest BCUT2D eigenvalue weighted by Crippen LogP contribution is 2.26. The molecule has 1 N–H and O–H groups in total. The number of benzene rings is 1. The molecule has 2 nitrogen and oxygen atoms in total. The molecule has 0 fully saturated rings. The van der Waals surface area contributed by atoms with E-state index in [1.165, 1.54) is 12.1 Å². The first-order valence-corrected chi connectivity index (χ1v) is 4.46. The van der Waals surface area contributed by atoms with Gasteiger partial charge < -0.3 is 9.84 Å². The molecule has 0 heterocycles. The Hall–Kier alpha value is -0.870. The van der Waals surface area contributed by atoms with Crippen molar-refractivity contribution in [1.29, 1.82) is 0 Å². The number of alkyl halides is 3. The summed E-state index contributed by atoms with van der Waals surface area (Å²) in [5.41, 5.74) is 0.266. The van der Waals surface area contributed by atoms with Gasteiger partial charge in [-0.1, -0.05) is 18.2 Å². The van der Waals surface area contributed by atoms with E-state index in [0.29, 0.717) is 0 Å². The van der Waals surface area contributed by atoms with E-state index in [-0.39, 0.29) is 17.2 Å². The van der Waals surface area contributed by atoms with Crippen molar-refractivity contribution >= 4 is 11.6 Å². The molecule has 1 rings (SSSR count). The minimum atomic E-state index is -2.90. The third kappa shape index (κ3) is 2.82. The highest BCUT2D eigenvalue weighted by Gasteiger charge is 2.14. The van der Waals surface area contributed by atoms with Crippen LogP contribution in [0.1, 0.15) is 11.7 Å². The molecule has 0 bridgehead atoms. The van der Waals surface area contributed by atoms with E-state index in [4.69, 9.17) is 11.6 Å². The summed E-state index contributed by atoms with van der Waals surface area (Å²) >= 11 is 5.40. The van der Waals surface area contributed by atoms with Gasteiger partial charge in [-0.05, 0) is 6.07 Å². The summed E-state index contributed by atoms with van der Waals surface area (Å²) in [6.07, 6.45) is -0.994. The number of para-hydroxylation sites is 1. The summed E-state index contributed by atoms with van der Waals surface area (Å²) in [5.74, 6) is -0.112. The molecule has 0 radical (unpaired) electrons. The minimum absolute atomic E-state index is 0.0457. The van der Waals surface area contributed by atoms with E-state index >= 15 is 0 Å². The highest BCUT2D eigenvalue weighted by atomic mass is 35.5.